The van der Waals surface area contributed by atoms with Crippen LogP contribution in [-0.4, -0.2) is 17.4 Å². The van der Waals surface area contributed by atoms with Gasteiger partial charge in [-0.05, 0) is 19.8 Å². The lowest BCUT2D eigenvalue weighted by Gasteiger charge is -2.08. The van der Waals surface area contributed by atoms with Gasteiger partial charge in [0.05, 0.1) is 11.5 Å². The molecule has 0 spiro atoms. The zero-order valence-electron chi connectivity index (χ0n) is 7.55. The summed E-state index contributed by atoms with van der Waals surface area (Å²) >= 11 is 0. The Morgan fingerprint density at radius 3 is 2.09 bits per heavy atom. The summed E-state index contributed by atoms with van der Waals surface area (Å²) in [4.78, 5) is 4.27. The minimum atomic E-state index is 0.446. The second-order valence-corrected chi connectivity index (χ2v) is 3.15. The van der Waals surface area contributed by atoms with Crippen LogP contribution < -0.4 is 0 Å². The molecule has 0 amide bonds. The monoisotopic (exact) mass is 148 g/mol. The van der Waals surface area contributed by atoms with E-state index >= 15 is 0 Å². The van der Waals surface area contributed by atoms with Gasteiger partial charge < -0.3 is 4.48 Å². The third-order valence-corrected chi connectivity index (χ3v) is 1.86. The fourth-order valence-electron chi connectivity index (χ4n) is 1.40. The molecule has 0 N–H and O–H groups in total. The molecule has 0 bridgehead atoms. The van der Waals surface area contributed by atoms with Crippen LogP contribution in [0.1, 0.15) is 37.0 Å². The summed E-state index contributed by atoms with van der Waals surface area (Å²) in [6.07, 6.45) is 0. The molecule has 0 unspecified atom stereocenters. The minimum absolute atomic E-state index is 0.446. The van der Waals surface area contributed by atoms with E-state index in [-0.39, 0.29) is 0 Å². The molecule has 0 saturated heterocycles. The molecular weight excluding hydrogens is 135 g/mol. The van der Waals surface area contributed by atoms with Crippen LogP contribution in [-0.2, 0) is 0 Å². The van der Waals surface area contributed by atoms with E-state index in [1.54, 1.807) is 4.48 Å². The molecule has 0 aliphatic rings. The van der Waals surface area contributed by atoms with E-state index < -0.39 is 0 Å². The first-order valence-corrected chi connectivity index (χ1v) is 3.85. The molecule has 11 heavy (non-hydrogen) atoms. The molecule has 1 aromatic rings. The van der Waals surface area contributed by atoms with Gasteiger partial charge in [0.1, 0.15) is 0 Å². The molecular formula is C8H13BN2. The molecule has 0 saturated carbocycles. The molecule has 0 atom stereocenters. The van der Waals surface area contributed by atoms with Gasteiger partial charge in [-0.3, -0.25) is 0 Å². The number of hydrogen-bond acceptors (Lipinski definition) is 1. The summed E-state index contributed by atoms with van der Waals surface area (Å²) in [7, 11) is 5.76. The highest BCUT2D eigenvalue weighted by molar-refractivity contribution is 6.07. The van der Waals surface area contributed by atoms with E-state index in [1.165, 1.54) is 0 Å². The molecule has 2 nitrogen and oxygen atoms in total. The molecule has 58 valence electrons. The average molecular weight is 148 g/mol. The van der Waals surface area contributed by atoms with E-state index in [1.807, 2.05) is 13.8 Å². The van der Waals surface area contributed by atoms with Gasteiger partial charge in [0, 0.05) is 5.69 Å². The van der Waals surface area contributed by atoms with Crippen molar-refractivity contribution in [3.63, 3.8) is 0 Å². The Morgan fingerprint density at radius 1 is 1.36 bits per heavy atom. The standard InChI is InChI=1S/C8H13BN2/c1-5(2)8-6(3)10-7(4)11(8)9/h5H,1-4H3. The van der Waals surface area contributed by atoms with Crippen LogP contribution >= 0.6 is 0 Å². The predicted molar refractivity (Wildman–Crippen MR) is 46.9 cm³/mol. The molecule has 3 heteroatoms. The average Bonchev–Trinajstić information content (AvgIpc) is 2.07. The summed E-state index contributed by atoms with van der Waals surface area (Å²) in [6, 6.07) is 0. The second-order valence-electron chi connectivity index (χ2n) is 3.15. The molecule has 2 radical (unpaired) electrons. The maximum absolute atomic E-state index is 5.76. The van der Waals surface area contributed by atoms with Crippen molar-refractivity contribution >= 4 is 7.98 Å². The van der Waals surface area contributed by atoms with Gasteiger partial charge in [-0.1, -0.05) is 13.8 Å². The lowest BCUT2D eigenvalue weighted by molar-refractivity contribution is 0.800. The molecule has 0 aliphatic carbocycles. The first-order valence-electron chi connectivity index (χ1n) is 3.85. The Labute approximate surface area is 69.1 Å². The number of aryl methyl sites for hydroxylation is 2. The van der Waals surface area contributed by atoms with Crippen LogP contribution in [0.4, 0.5) is 0 Å². The SMILES string of the molecule is [B]n1c(C)nc(C)c1C(C)C. The van der Waals surface area contributed by atoms with Gasteiger partial charge in [-0.15, -0.1) is 0 Å². The molecule has 0 fully saturated rings. The summed E-state index contributed by atoms with van der Waals surface area (Å²) in [5.74, 6) is 1.33. The van der Waals surface area contributed by atoms with Crippen LogP contribution in [0.15, 0.2) is 0 Å². The van der Waals surface area contributed by atoms with Crippen LogP contribution in [0.25, 0.3) is 0 Å². The normalized spacial score (nSPS) is 11.0. The van der Waals surface area contributed by atoms with Crippen molar-refractivity contribution in [1.82, 2.24) is 9.46 Å². The maximum atomic E-state index is 5.76. The summed E-state index contributed by atoms with van der Waals surface area (Å²) < 4.78 is 1.67. The summed E-state index contributed by atoms with van der Waals surface area (Å²) in [5.41, 5.74) is 2.17. The number of aromatic nitrogens is 2. The highest BCUT2D eigenvalue weighted by Gasteiger charge is 2.10. The fraction of sp³-hybridized carbons (Fsp3) is 0.625. The van der Waals surface area contributed by atoms with Crippen molar-refractivity contribution in [1.29, 1.82) is 0 Å². The quantitative estimate of drug-likeness (QED) is 0.552. The van der Waals surface area contributed by atoms with Crippen molar-refractivity contribution in [2.24, 2.45) is 0 Å². The van der Waals surface area contributed by atoms with Gasteiger partial charge in [0.2, 0.25) is 7.98 Å². The molecule has 1 aromatic heterocycles. The Balaban J connectivity index is 3.22. The van der Waals surface area contributed by atoms with E-state index in [0.717, 1.165) is 17.2 Å². The Kier molecular flexibility index (Phi) is 2.07. The zero-order valence-corrected chi connectivity index (χ0v) is 7.55. The molecule has 0 aliphatic heterocycles. The molecule has 1 heterocycles. The number of imidazole rings is 1. The minimum Gasteiger partial charge on any atom is -0.388 e. The van der Waals surface area contributed by atoms with Gasteiger partial charge in [0.15, 0.2) is 0 Å². The topological polar surface area (TPSA) is 17.8 Å². The third-order valence-electron chi connectivity index (χ3n) is 1.86. The van der Waals surface area contributed by atoms with E-state index in [4.69, 9.17) is 7.98 Å². The van der Waals surface area contributed by atoms with Crippen molar-refractivity contribution < 1.29 is 0 Å². The first kappa shape index (κ1) is 8.37. The van der Waals surface area contributed by atoms with Crippen LogP contribution in [0.5, 0.6) is 0 Å². The summed E-state index contributed by atoms with van der Waals surface area (Å²) in [5, 5.41) is 0. The van der Waals surface area contributed by atoms with E-state index in [9.17, 15) is 0 Å². The number of hydrogen-bond donors (Lipinski definition) is 0. The number of nitrogens with zero attached hydrogens (tertiary/aromatic N) is 2. The van der Waals surface area contributed by atoms with Crippen molar-refractivity contribution in [2.75, 3.05) is 0 Å². The van der Waals surface area contributed by atoms with E-state index in [2.05, 4.69) is 18.8 Å². The first-order chi connectivity index (χ1) is 5.04. The molecule has 0 aromatic carbocycles. The Hall–Kier alpha value is -0.725. The Bertz CT molecular complexity index is 263. The van der Waals surface area contributed by atoms with Crippen LogP contribution in [0, 0.1) is 13.8 Å². The zero-order chi connectivity index (χ0) is 8.59. The van der Waals surface area contributed by atoms with Gasteiger partial charge >= 0.3 is 0 Å². The van der Waals surface area contributed by atoms with Crippen LogP contribution in [0.3, 0.4) is 0 Å². The van der Waals surface area contributed by atoms with Crippen molar-refractivity contribution in [3.8, 4) is 0 Å². The fourth-order valence-corrected chi connectivity index (χ4v) is 1.40. The maximum Gasteiger partial charge on any atom is 0.236 e. The number of rotatable bonds is 1. The van der Waals surface area contributed by atoms with E-state index in [0.29, 0.717) is 5.92 Å². The lowest BCUT2D eigenvalue weighted by Crippen LogP contribution is -2.03. The van der Waals surface area contributed by atoms with Crippen molar-refractivity contribution in [3.05, 3.63) is 17.2 Å². The van der Waals surface area contributed by atoms with Gasteiger partial charge in [-0.25, -0.2) is 4.98 Å². The smallest absolute Gasteiger partial charge is 0.236 e. The highest BCUT2D eigenvalue weighted by Crippen LogP contribution is 2.18. The molecule has 1 rings (SSSR count). The predicted octanol–water partition coefficient (Wildman–Crippen LogP) is 1.55. The lowest BCUT2D eigenvalue weighted by atomic mass is 10.1. The largest absolute Gasteiger partial charge is 0.388 e. The Morgan fingerprint density at radius 2 is 1.91 bits per heavy atom. The van der Waals surface area contributed by atoms with Gasteiger partial charge in [-0.2, -0.15) is 0 Å². The summed E-state index contributed by atoms with van der Waals surface area (Å²) in [6.45, 7) is 8.14. The third kappa shape index (κ3) is 1.32. The van der Waals surface area contributed by atoms with Gasteiger partial charge in [0.25, 0.3) is 0 Å². The van der Waals surface area contributed by atoms with Crippen molar-refractivity contribution in [2.45, 2.75) is 33.6 Å². The second kappa shape index (κ2) is 2.72. The highest BCUT2D eigenvalue weighted by atomic mass is 15.0. The van der Waals surface area contributed by atoms with Crippen LogP contribution in [0.2, 0.25) is 0 Å².